The molecule has 0 aliphatic carbocycles. The van der Waals surface area contributed by atoms with Gasteiger partial charge >= 0.3 is 0 Å². The second-order valence-electron chi connectivity index (χ2n) is 5.41. The Kier molecular flexibility index (Phi) is 5.68. The van der Waals surface area contributed by atoms with Gasteiger partial charge in [0, 0.05) is 24.9 Å². The molecule has 0 saturated carbocycles. The van der Waals surface area contributed by atoms with Gasteiger partial charge in [-0.1, -0.05) is 13.8 Å². The molecule has 1 rings (SSSR count). The van der Waals surface area contributed by atoms with Gasteiger partial charge in [-0.25, -0.2) is 8.42 Å². The minimum Gasteiger partial charge on any atom is -0.375 e. The Morgan fingerprint density at radius 1 is 1.38 bits per heavy atom. The zero-order valence-corrected chi connectivity index (χ0v) is 13.2. The molecule has 0 saturated heterocycles. The lowest BCUT2D eigenvalue weighted by Gasteiger charge is -2.20. The third kappa shape index (κ3) is 4.98. The first-order valence-electron chi connectivity index (χ1n) is 6.60. The van der Waals surface area contributed by atoms with E-state index in [2.05, 4.69) is 5.32 Å². The molecule has 0 spiro atoms. The lowest BCUT2D eigenvalue weighted by molar-refractivity contribution is -0.384. The summed E-state index contributed by atoms with van der Waals surface area (Å²) in [6, 6.07) is 3.74. The van der Waals surface area contributed by atoms with Gasteiger partial charge in [0.05, 0.1) is 9.82 Å². The first-order chi connectivity index (χ1) is 9.65. The van der Waals surface area contributed by atoms with E-state index < -0.39 is 14.8 Å². The number of nitrogens with zero attached hydrogens (tertiary/aromatic N) is 1. The molecular weight excluding hydrogens is 294 g/mol. The van der Waals surface area contributed by atoms with Gasteiger partial charge in [-0.05, 0) is 24.5 Å². The van der Waals surface area contributed by atoms with Gasteiger partial charge in [0.15, 0.2) is 9.84 Å². The van der Waals surface area contributed by atoms with Crippen LogP contribution in [0, 0.1) is 16.0 Å². The van der Waals surface area contributed by atoms with Crippen LogP contribution < -0.4 is 11.1 Å². The molecule has 3 N–H and O–H groups in total. The molecule has 0 heterocycles. The van der Waals surface area contributed by atoms with Gasteiger partial charge in [-0.2, -0.15) is 0 Å². The average Bonchev–Trinajstić information content (AvgIpc) is 2.36. The molecule has 1 aromatic carbocycles. The number of hydrogen-bond acceptors (Lipinski definition) is 6. The number of anilines is 1. The number of nitrogens with two attached hydrogens (primary N) is 1. The highest BCUT2D eigenvalue weighted by Gasteiger charge is 2.20. The molecule has 0 bridgehead atoms. The first-order valence-corrected chi connectivity index (χ1v) is 8.49. The molecule has 0 aromatic heterocycles. The molecule has 21 heavy (non-hydrogen) atoms. The Labute approximate surface area is 124 Å². The van der Waals surface area contributed by atoms with Crippen molar-refractivity contribution in [2.45, 2.75) is 31.2 Å². The van der Waals surface area contributed by atoms with Gasteiger partial charge in [-0.15, -0.1) is 0 Å². The Hall–Kier alpha value is -1.67. The van der Waals surface area contributed by atoms with Crippen LogP contribution in [0.5, 0.6) is 0 Å². The van der Waals surface area contributed by atoms with Crippen LogP contribution in [0.1, 0.15) is 20.3 Å². The number of nitro benzene ring substituents is 1. The minimum atomic E-state index is -3.49. The van der Waals surface area contributed by atoms with Crippen molar-refractivity contribution in [3.8, 4) is 0 Å². The van der Waals surface area contributed by atoms with Gasteiger partial charge in [0.1, 0.15) is 5.69 Å². The molecule has 0 amide bonds. The first kappa shape index (κ1) is 17.4. The van der Waals surface area contributed by atoms with Crippen LogP contribution in [0.25, 0.3) is 0 Å². The van der Waals surface area contributed by atoms with E-state index >= 15 is 0 Å². The number of nitro groups is 1. The van der Waals surface area contributed by atoms with Crippen LogP contribution in [-0.4, -0.2) is 32.2 Å². The molecule has 0 fully saturated rings. The van der Waals surface area contributed by atoms with E-state index in [-0.39, 0.29) is 22.3 Å². The topological polar surface area (TPSA) is 115 Å². The average molecular weight is 315 g/mol. The molecule has 118 valence electrons. The van der Waals surface area contributed by atoms with Crippen molar-refractivity contribution in [2.24, 2.45) is 11.7 Å². The Morgan fingerprint density at radius 3 is 2.43 bits per heavy atom. The van der Waals surface area contributed by atoms with Gasteiger partial charge < -0.3 is 11.1 Å². The molecule has 0 aliphatic rings. The van der Waals surface area contributed by atoms with Crippen molar-refractivity contribution in [2.75, 3.05) is 18.1 Å². The fourth-order valence-electron chi connectivity index (χ4n) is 2.02. The molecule has 1 aromatic rings. The van der Waals surface area contributed by atoms with E-state index in [9.17, 15) is 18.5 Å². The maximum absolute atomic E-state index is 11.5. The minimum absolute atomic E-state index is 0.0760. The summed E-state index contributed by atoms with van der Waals surface area (Å²) in [4.78, 5) is 10.5. The van der Waals surface area contributed by atoms with Crippen molar-refractivity contribution in [1.82, 2.24) is 0 Å². The Bertz CT molecular complexity index is 614. The molecule has 1 atom stereocenters. The van der Waals surface area contributed by atoms with Crippen molar-refractivity contribution >= 4 is 21.2 Å². The second-order valence-corrected chi connectivity index (χ2v) is 7.43. The normalized spacial score (nSPS) is 13.2. The zero-order chi connectivity index (χ0) is 16.2. The van der Waals surface area contributed by atoms with Crippen LogP contribution in [0.4, 0.5) is 11.4 Å². The summed E-state index contributed by atoms with van der Waals surface area (Å²) in [6.07, 6.45) is 1.78. The molecule has 1 unspecified atom stereocenters. The highest BCUT2D eigenvalue weighted by Crippen LogP contribution is 2.28. The van der Waals surface area contributed by atoms with Crippen LogP contribution in [-0.2, 0) is 9.84 Å². The van der Waals surface area contributed by atoms with E-state index in [0.29, 0.717) is 12.5 Å². The molecule has 8 heteroatoms. The van der Waals surface area contributed by atoms with Gasteiger partial charge in [0.2, 0.25) is 0 Å². The molecular formula is C13H21N3O4S. The number of benzene rings is 1. The Balaban J connectivity index is 3.15. The van der Waals surface area contributed by atoms with Crippen LogP contribution in [0.3, 0.4) is 0 Å². The van der Waals surface area contributed by atoms with E-state index in [1.807, 2.05) is 13.8 Å². The lowest BCUT2D eigenvalue weighted by atomic mass is 10.0. The largest absolute Gasteiger partial charge is 0.375 e. The highest BCUT2D eigenvalue weighted by atomic mass is 32.2. The molecule has 7 nitrogen and oxygen atoms in total. The number of nitrogens with one attached hydrogen (secondary N) is 1. The quantitative estimate of drug-likeness (QED) is 0.585. The SMILES string of the molecule is CC(C)CC(CN)Nc1ccc(S(C)(=O)=O)cc1[N+](=O)[O-]. The second kappa shape index (κ2) is 6.86. The zero-order valence-electron chi connectivity index (χ0n) is 12.4. The van der Waals surface area contributed by atoms with Crippen molar-refractivity contribution < 1.29 is 13.3 Å². The third-order valence-electron chi connectivity index (χ3n) is 2.99. The summed E-state index contributed by atoms with van der Waals surface area (Å²) >= 11 is 0. The van der Waals surface area contributed by atoms with Crippen LogP contribution in [0.2, 0.25) is 0 Å². The predicted molar refractivity (Wildman–Crippen MR) is 82.1 cm³/mol. The van der Waals surface area contributed by atoms with Crippen molar-refractivity contribution in [1.29, 1.82) is 0 Å². The van der Waals surface area contributed by atoms with E-state index in [4.69, 9.17) is 5.73 Å². The fourth-order valence-corrected chi connectivity index (χ4v) is 2.66. The monoisotopic (exact) mass is 315 g/mol. The summed E-state index contributed by atoms with van der Waals surface area (Å²) in [5, 5.41) is 14.2. The number of hydrogen-bond donors (Lipinski definition) is 2. The van der Waals surface area contributed by atoms with Crippen LogP contribution in [0.15, 0.2) is 23.1 Å². The van der Waals surface area contributed by atoms with E-state index in [1.165, 1.54) is 12.1 Å². The van der Waals surface area contributed by atoms with E-state index in [0.717, 1.165) is 18.7 Å². The van der Waals surface area contributed by atoms with Gasteiger partial charge in [0.25, 0.3) is 5.69 Å². The fraction of sp³-hybridized carbons (Fsp3) is 0.538. The predicted octanol–water partition coefficient (Wildman–Crippen LogP) is 1.78. The molecule has 0 radical (unpaired) electrons. The van der Waals surface area contributed by atoms with Crippen LogP contribution >= 0.6 is 0 Å². The maximum Gasteiger partial charge on any atom is 0.293 e. The summed E-state index contributed by atoms with van der Waals surface area (Å²) in [6.45, 7) is 4.40. The van der Waals surface area contributed by atoms with Crippen molar-refractivity contribution in [3.63, 3.8) is 0 Å². The summed E-state index contributed by atoms with van der Waals surface area (Å²) in [5.41, 5.74) is 5.68. The molecule has 0 aliphatic heterocycles. The lowest BCUT2D eigenvalue weighted by Crippen LogP contribution is -2.30. The van der Waals surface area contributed by atoms with Crippen molar-refractivity contribution in [3.05, 3.63) is 28.3 Å². The van der Waals surface area contributed by atoms with E-state index in [1.54, 1.807) is 0 Å². The number of sulfone groups is 1. The third-order valence-corrected chi connectivity index (χ3v) is 4.10. The highest BCUT2D eigenvalue weighted by molar-refractivity contribution is 7.90. The summed E-state index contributed by atoms with van der Waals surface area (Å²) in [7, 11) is -3.49. The standard InChI is InChI=1S/C13H21N3O4S/c1-9(2)6-10(8-14)15-12-5-4-11(21(3,19)20)7-13(12)16(17)18/h4-5,7,9-10,15H,6,8,14H2,1-3H3. The summed E-state index contributed by atoms with van der Waals surface area (Å²) < 4.78 is 23.0. The smallest absolute Gasteiger partial charge is 0.293 e. The Morgan fingerprint density at radius 2 is 2.00 bits per heavy atom. The maximum atomic E-state index is 11.5. The summed E-state index contributed by atoms with van der Waals surface area (Å²) in [5.74, 6) is 0.389. The number of rotatable bonds is 7. The van der Waals surface area contributed by atoms with Gasteiger partial charge in [-0.3, -0.25) is 10.1 Å².